The maximum atomic E-state index is 8.82. The molecule has 0 fully saturated rings. The molecule has 0 saturated carbocycles. The standard InChI is InChI=1S/C11H14N2O2/c1-9-4-5-10(8-12)11(13-9)15-7-3-6-14-2/h4-5H,3,6-7H2,1-2H3. The fourth-order valence-corrected chi connectivity index (χ4v) is 1.10. The molecular formula is C11H14N2O2. The first-order chi connectivity index (χ1) is 7.27. The van der Waals surface area contributed by atoms with Gasteiger partial charge in [-0.1, -0.05) is 0 Å². The van der Waals surface area contributed by atoms with Crippen LogP contribution in [-0.4, -0.2) is 25.3 Å². The highest BCUT2D eigenvalue weighted by Gasteiger charge is 2.04. The molecule has 0 aliphatic carbocycles. The highest BCUT2D eigenvalue weighted by molar-refractivity contribution is 5.38. The average Bonchev–Trinajstić information content (AvgIpc) is 2.25. The molecule has 0 unspecified atom stereocenters. The average molecular weight is 206 g/mol. The van der Waals surface area contributed by atoms with Crippen LogP contribution in [0.1, 0.15) is 17.7 Å². The van der Waals surface area contributed by atoms with Gasteiger partial charge in [-0.05, 0) is 19.1 Å². The molecule has 0 aromatic carbocycles. The summed E-state index contributed by atoms with van der Waals surface area (Å²) >= 11 is 0. The fourth-order valence-electron chi connectivity index (χ4n) is 1.10. The topological polar surface area (TPSA) is 55.1 Å². The van der Waals surface area contributed by atoms with Crippen molar-refractivity contribution in [3.63, 3.8) is 0 Å². The Morgan fingerprint density at radius 2 is 2.20 bits per heavy atom. The van der Waals surface area contributed by atoms with Gasteiger partial charge in [-0.3, -0.25) is 0 Å². The van der Waals surface area contributed by atoms with Crippen LogP contribution in [0.4, 0.5) is 0 Å². The van der Waals surface area contributed by atoms with Crippen molar-refractivity contribution in [3.8, 4) is 11.9 Å². The Kier molecular flexibility index (Phi) is 4.58. The van der Waals surface area contributed by atoms with Crippen LogP contribution in [-0.2, 0) is 4.74 Å². The highest BCUT2D eigenvalue weighted by Crippen LogP contribution is 2.14. The molecule has 0 aliphatic rings. The van der Waals surface area contributed by atoms with Gasteiger partial charge in [0.2, 0.25) is 5.88 Å². The number of nitrogens with zero attached hydrogens (tertiary/aromatic N) is 2. The molecule has 0 atom stereocenters. The van der Waals surface area contributed by atoms with Crippen LogP contribution in [0.2, 0.25) is 0 Å². The zero-order valence-electron chi connectivity index (χ0n) is 8.99. The lowest BCUT2D eigenvalue weighted by Crippen LogP contribution is -2.04. The third-order valence-corrected chi connectivity index (χ3v) is 1.85. The predicted octanol–water partition coefficient (Wildman–Crippen LogP) is 1.68. The molecule has 0 amide bonds. The summed E-state index contributed by atoms with van der Waals surface area (Å²) in [5.41, 5.74) is 1.31. The first-order valence-corrected chi connectivity index (χ1v) is 4.77. The van der Waals surface area contributed by atoms with Crippen LogP contribution < -0.4 is 4.74 Å². The molecule has 0 N–H and O–H groups in total. The first-order valence-electron chi connectivity index (χ1n) is 4.77. The van der Waals surface area contributed by atoms with Crippen LogP contribution in [0.3, 0.4) is 0 Å². The normalized spacial score (nSPS) is 9.67. The van der Waals surface area contributed by atoms with E-state index in [1.807, 2.05) is 13.0 Å². The maximum Gasteiger partial charge on any atom is 0.231 e. The second-order valence-electron chi connectivity index (χ2n) is 3.11. The van der Waals surface area contributed by atoms with E-state index in [1.54, 1.807) is 19.2 Å². The molecule has 0 saturated heterocycles. The molecule has 4 heteroatoms. The maximum absolute atomic E-state index is 8.82. The van der Waals surface area contributed by atoms with Gasteiger partial charge in [0.05, 0.1) is 6.61 Å². The molecule has 80 valence electrons. The third-order valence-electron chi connectivity index (χ3n) is 1.85. The van der Waals surface area contributed by atoms with E-state index in [0.29, 0.717) is 24.7 Å². The molecule has 4 nitrogen and oxygen atoms in total. The Hall–Kier alpha value is -1.60. The molecule has 15 heavy (non-hydrogen) atoms. The fraction of sp³-hybridized carbons (Fsp3) is 0.455. The van der Waals surface area contributed by atoms with Gasteiger partial charge in [0.1, 0.15) is 11.6 Å². The molecule has 1 rings (SSSR count). The number of hydrogen-bond donors (Lipinski definition) is 0. The summed E-state index contributed by atoms with van der Waals surface area (Å²) in [5, 5.41) is 8.82. The van der Waals surface area contributed by atoms with Crippen molar-refractivity contribution in [1.82, 2.24) is 4.98 Å². The monoisotopic (exact) mass is 206 g/mol. The lowest BCUT2D eigenvalue weighted by molar-refractivity contribution is 0.170. The van der Waals surface area contributed by atoms with E-state index in [0.717, 1.165) is 12.1 Å². The lowest BCUT2D eigenvalue weighted by Gasteiger charge is -2.06. The van der Waals surface area contributed by atoms with E-state index in [-0.39, 0.29) is 0 Å². The molecule has 1 heterocycles. The summed E-state index contributed by atoms with van der Waals surface area (Å²) in [6, 6.07) is 5.55. The number of ether oxygens (including phenoxy) is 2. The van der Waals surface area contributed by atoms with Gasteiger partial charge in [0, 0.05) is 25.8 Å². The first kappa shape index (κ1) is 11.5. The summed E-state index contributed by atoms with van der Waals surface area (Å²) in [4.78, 5) is 4.16. The minimum atomic E-state index is 0.411. The van der Waals surface area contributed by atoms with Crippen LogP contribution in [0.15, 0.2) is 12.1 Å². The van der Waals surface area contributed by atoms with E-state index in [4.69, 9.17) is 14.7 Å². The van der Waals surface area contributed by atoms with Gasteiger partial charge in [-0.15, -0.1) is 0 Å². The minimum Gasteiger partial charge on any atom is -0.477 e. The highest BCUT2D eigenvalue weighted by atomic mass is 16.5. The molecule has 1 aromatic heterocycles. The Labute approximate surface area is 89.5 Å². The number of nitriles is 1. The Bertz CT molecular complexity index is 358. The SMILES string of the molecule is COCCCOc1nc(C)ccc1C#N. The van der Waals surface area contributed by atoms with Crippen molar-refractivity contribution in [2.75, 3.05) is 20.3 Å². The Morgan fingerprint density at radius 3 is 2.87 bits per heavy atom. The quantitative estimate of drug-likeness (QED) is 0.688. The van der Waals surface area contributed by atoms with Crippen LogP contribution >= 0.6 is 0 Å². The second-order valence-corrected chi connectivity index (χ2v) is 3.11. The van der Waals surface area contributed by atoms with Gasteiger partial charge < -0.3 is 9.47 Å². The van der Waals surface area contributed by atoms with Crippen LogP contribution in [0.25, 0.3) is 0 Å². The van der Waals surface area contributed by atoms with E-state index >= 15 is 0 Å². The minimum absolute atomic E-state index is 0.411. The molecule has 0 radical (unpaired) electrons. The van der Waals surface area contributed by atoms with Gasteiger partial charge in [-0.2, -0.15) is 5.26 Å². The Morgan fingerprint density at radius 1 is 1.40 bits per heavy atom. The van der Waals surface area contributed by atoms with Crippen LogP contribution in [0, 0.1) is 18.3 Å². The summed E-state index contributed by atoms with van der Waals surface area (Å²) in [7, 11) is 1.64. The second kappa shape index (κ2) is 5.99. The van der Waals surface area contributed by atoms with Gasteiger partial charge >= 0.3 is 0 Å². The smallest absolute Gasteiger partial charge is 0.231 e. The molecule has 0 aliphatic heterocycles. The van der Waals surface area contributed by atoms with Gasteiger partial charge in [0.15, 0.2) is 0 Å². The number of aryl methyl sites for hydroxylation is 1. The molecular weight excluding hydrogens is 192 g/mol. The number of pyridine rings is 1. The van der Waals surface area contributed by atoms with Gasteiger partial charge in [0.25, 0.3) is 0 Å². The number of rotatable bonds is 5. The number of aromatic nitrogens is 1. The summed E-state index contributed by atoms with van der Waals surface area (Å²) in [6.45, 7) is 3.02. The summed E-state index contributed by atoms with van der Waals surface area (Å²) in [6.07, 6.45) is 0.789. The zero-order chi connectivity index (χ0) is 11.1. The van der Waals surface area contributed by atoms with Crippen molar-refractivity contribution in [3.05, 3.63) is 23.4 Å². The zero-order valence-corrected chi connectivity index (χ0v) is 8.99. The van der Waals surface area contributed by atoms with E-state index in [9.17, 15) is 0 Å². The summed E-state index contributed by atoms with van der Waals surface area (Å²) < 4.78 is 10.3. The molecule has 0 spiro atoms. The summed E-state index contributed by atoms with van der Waals surface area (Å²) in [5.74, 6) is 0.411. The number of methoxy groups -OCH3 is 1. The van der Waals surface area contributed by atoms with Crippen molar-refractivity contribution < 1.29 is 9.47 Å². The van der Waals surface area contributed by atoms with E-state index < -0.39 is 0 Å². The molecule has 0 bridgehead atoms. The van der Waals surface area contributed by atoms with E-state index in [1.165, 1.54) is 0 Å². The predicted molar refractivity (Wildman–Crippen MR) is 55.7 cm³/mol. The number of hydrogen-bond acceptors (Lipinski definition) is 4. The third kappa shape index (κ3) is 3.56. The largest absolute Gasteiger partial charge is 0.477 e. The lowest BCUT2D eigenvalue weighted by atomic mass is 10.2. The molecule has 1 aromatic rings. The van der Waals surface area contributed by atoms with Crippen molar-refractivity contribution in [1.29, 1.82) is 5.26 Å². The van der Waals surface area contributed by atoms with Crippen molar-refractivity contribution in [2.45, 2.75) is 13.3 Å². The van der Waals surface area contributed by atoms with Crippen LogP contribution in [0.5, 0.6) is 5.88 Å². The van der Waals surface area contributed by atoms with E-state index in [2.05, 4.69) is 4.98 Å². The Balaban J connectivity index is 2.59. The van der Waals surface area contributed by atoms with Crippen molar-refractivity contribution >= 4 is 0 Å². The van der Waals surface area contributed by atoms with Crippen molar-refractivity contribution in [2.24, 2.45) is 0 Å². The van der Waals surface area contributed by atoms with Gasteiger partial charge in [-0.25, -0.2) is 4.98 Å².